The minimum absolute atomic E-state index is 0.157. The lowest BCUT2D eigenvalue weighted by Crippen LogP contribution is -2.31. The zero-order valence-corrected chi connectivity index (χ0v) is 88.5. The van der Waals surface area contributed by atoms with Crippen LogP contribution in [0.15, 0.2) is 243 Å². The monoisotopic (exact) mass is 2030 g/mol. The molecule has 2 fully saturated rings. The van der Waals surface area contributed by atoms with Crippen molar-refractivity contribution in [2.45, 2.75) is 61.3 Å². The van der Waals surface area contributed by atoms with Crippen LogP contribution in [0.3, 0.4) is 0 Å². The van der Waals surface area contributed by atoms with Crippen LogP contribution in [-0.2, 0) is 18.9 Å². The zero-order valence-electron chi connectivity index (χ0n) is 80.3. The Labute approximate surface area is 864 Å². The maximum atomic E-state index is 9.15. The number of benzene rings is 6. The van der Waals surface area contributed by atoms with Gasteiger partial charge in [-0.15, -0.1) is 113 Å². The molecule has 15 nitrogen and oxygen atoms in total. The Morgan fingerprint density at radius 1 is 0.329 bits per heavy atom. The smallest absolute Gasteiger partial charge is 0.195 e. The molecule has 0 aliphatic carbocycles. The molecule has 6 aromatic carbocycles. The quantitative estimate of drug-likeness (QED) is 0.0624. The van der Waals surface area contributed by atoms with Gasteiger partial charge in [-0.3, -0.25) is 0 Å². The molecule has 10 aromatic heterocycles. The molecule has 0 unspecified atom stereocenters. The van der Waals surface area contributed by atoms with E-state index >= 15 is 0 Å². The number of ether oxygens (including phenoxy) is 4. The fourth-order valence-electron chi connectivity index (χ4n) is 15.1. The Bertz CT molecular complexity index is 6960. The second kappa shape index (κ2) is 52.3. The Morgan fingerprint density at radius 2 is 0.664 bits per heavy atom. The van der Waals surface area contributed by atoms with Crippen molar-refractivity contribution in [3.8, 4) is 39.7 Å². The standard InChI is InChI=1S/C30H34N2O4S.C22H20N2S2.C22H22N2S2.C21H18N2OS3.C20H18N2S2/c1-24-3-5-25(6-4-24)29(31-2)23-28-11-12-30(37-28)26-7-9-27(10-8-26)32-13-15-33-17-19-35-21-22-36-20-18-34-16-14-32;1-16-5-7-17(8-6-16)19(23-2)15-18-9-10-20(25-18)21-11-12-22(26-21)24-13-3-4-14-24;1-5-24(6-2)22-14-13-21(26-22)20-12-11-18(25-20)15-19(23-4)17-9-7-16(3)8-10-17;1-13-4-6-14(7-5-13)16(22-2)10-15-11-17-20(25-15)21-18(26-17)12-19(27-21)23(3)8-9-24;1-14-5-7-15(8-6-14)17(21-2)13-16-9-10-18(23-16)19-11-12-20(24-19)22(3)4/h3-12,23H,13-22H2,1H3;5-12,15H,3-4,13-14H2,1H3;7-15H,5-6H2,1-3H3;4-7,10-12,24H,8-9H2,1,3H3;5-13H,1,3-4H3/b29-23-;2*19-15-;16-10-;17-13-. The van der Waals surface area contributed by atoms with Gasteiger partial charge in [0.1, 0.15) is 0 Å². The van der Waals surface area contributed by atoms with E-state index in [1.54, 1.807) is 90.7 Å². The maximum Gasteiger partial charge on any atom is 0.195 e. The molecule has 1 N–H and O–H groups in total. The van der Waals surface area contributed by atoms with Gasteiger partial charge in [-0.25, -0.2) is 24.2 Å². The number of aryl methyl sites for hydroxylation is 5. The van der Waals surface area contributed by atoms with Crippen LogP contribution >= 0.6 is 113 Å². The minimum atomic E-state index is 0.157. The van der Waals surface area contributed by atoms with Gasteiger partial charge in [0, 0.05) is 141 Å². The summed E-state index contributed by atoms with van der Waals surface area (Å²) in [6, 6.07) is 83.8. The first-order valence-corrected chi connectivity index (χ1v) is 54.5. The third-order valence-corrected chi connectivity index (χ3v) is 35.1. The van der Waals surface area contributed by atoms with E-state index < -0.39 is 0 Å². The molecular weight excluding hydrogens is 1920 g/mol. The zero-order chi connectivity index (χ0) is 98.2. The van der Waals surface area contributed by atoms with Crippen LogP contribution < -0.4 is 24.5 Å². The second-order valence-electron chi connectivity index (χ2n) is 33.4. The third kappa shape index (κ3) is 29.0. The van der Waals surface area contributed by atoms with Crippen LogP contribution in [0, 0.1) is 67.5 Å². The highest BCUT2D eigenvalue weighted by atomic mass is 32.1. The second-order valence-corrected chi connectivity index (χ2v) is 44.2. The van der Waals surface area contributed by atoms with Gasteiger partial charge in [0.25, 0.3) is 0 Å². The number of thiophene rings is 10. The average Bonchev–Trinajstić information content (AvgIpc) is 1.60. The lowest BCUT2D eigenvalue weighted by atomic mass is 10.1. The van der Waals surface area contributed by atoms with Crippen molar-refractivity contribution in [2.75, 3.05) is 151 Å². The molecule has 2 aliphatic heterocycles. The number of likely N-dealkylation sites (N-methyl/N-ethyl adjacent to an activating group) is 1. The molecule has 712 valence electrons. The molecule has 0 amide bonds. The highest BCUT2D eigenvalue weighted by molar-refractivity contribution is 7.39. The van der Waals surface area contributed by atoms with Crippen LogP contribution in [0.1, 0.15) is 107 Å². The topological polar surface area (TPSA) is 95.2 Å². The van der Waals surface area contributed by atoms with E-state index in [9.17, 15) is 0 Å². The third-order valence-electron chi connectivity index (χ3n) is 23.0. The van der Waals surface area contributed by atoms with E-state index in [1.807, 2.05) is 157 Å². The number of nitrogens with zero attached hydrogens (tertiary/aromatic N) is 10. The van der Waals surface area contributed by atoms with Crippen LogP contribution in [-0.4, -0.2) is 132 Å². The molecule has 140 heavy (non-hydrogen) atoms. The van der Waals surface area contributed by atoms with Gasteiger partial charge in [-0.1, -0.05) is 161 Å². The van der Waals surface area contributed by atoms with Crippen molar-refractivity contribution < 1.29 is 24.1 Å². The van der Waals surface area contributed by atoms with Gasteiger partial charge in [0.2, 0.25) is 0 Å². The van der Waals surface area contributed by atoms with E-state index in [0.29, 0.717) is 87.9 Å². The van der Waals surface area contributed by atoms with Gasteiger partial charge in [-0.2, -0.15) is 0 Å². The van der Waals surface area contributed by atoms with Crippen LogP contribution in [0.25, 0.3) is 142 Å². The SMILES string of the molecule is [C-]#[N+]/C(=C\c1cc2sc3cc(N(C)CCO)sc3c2s1)c1ccc(C)cc1.[C-]#[N+]/C(=C\c1ccc(-c2ccc(N(C)C)s2)s1)c1ccc(C)cc1.[C-]#[N+]/C(=C\c1ccc(-c2ccc(N(CC)CC)s2)s1)c1ccc(C)cc1.[C-]#[N+]/C(=C\c1ccc(-c2ccc(N3CCCC3)s2)s1)c1ccc(C)cc1.[C-]#[N+]/C(=C\c1ccc(-c2ccc(N3CCOCCOCCOCCOCC3)cc2)s1)c1ccc(C)cc1. The molecule has 2 aliphatic rings. The van der Waals surface area contributed by atoms with Crippen molar-refractivity contribution >= 4 is 217 Å². The number of hydrogen-bond donors (Lipinski definition) is 1. The molecule has 2 saturated heterocycles. The Morgan fingerprint density at radius 3 is 1.05 bits per heavy atom. The van der Waals surface area contributed by atoms with Gasteiger partial charge >= 0.3 is 0 Å². The summed E-state index contributed by atoms with van der Waals surface area (Å²) in [5.74, 6) is 0. The summed E-state index contributed by atoms with van der Waals surface area (Å²) in [4.78, 5) is 44.4. The number of aliphatic hydroxyl groups is 1. The fourth-order valence-corrected chi connectivity index (χ4v) is 26.2. The van der Waals surface area contributed by atoms with E-state index in [0.717, 1.165) is 89.6 Å². The summed E-state index contributed by atoms with van der Waals surface area (Å²) in [7, 11) is 6.12. The molecule has 18 rings (SSSR count). The number of hydrogen-bond acceptors (Lipinski definition) is 20. The van der Waals surface area contributed by atoms with Gasteiger partial charge in [0.15, 0.2) is 28.5 Å². The molecule has 0 spiro atoms. The van der Waals surface area contributed by atoms with Gasteiger partial charge in [0.05, 0.1) is 122 Å². The molecule has 0 bridgehead atoms. The first-order valence-electron chi connectivity index (χ1n) is 46.4. The summed E-state index contributed by atoms with van der Waals surface area (Å²) in [5.41, 5.74) is 16.5. The molecule has 12 heterocycles. The Balaban J connectivity index is 0.000000141. The lowest BCUT2D eigenvalue weighted by Gasteiger charge is -2.25. The van der Waals surface area contributed by atoms with Crippen LogP contribution in [0.5, 0.6) is 0 Å². The summed E-state index contributed by atoms with van der Waals surface area (Å²) in [5, 5.41) is 14.3. The van der Waals surface area contributed by atoms with Crippen molar-refractivity contribution in [3.63, 3.8) is 0 Å². The van der Waals surface area contributed by atoms with Crippen molar-refractivity contribution in [3.05, 3.63) is 380 Å². The highest BCUT2D eigenvalue weighted by Gasteiger charge is 2.21. The molecule has 0 radical (unpaired) electrons. The summed E-state index contributed by atoms with van der Waals surface area (Å²) >= 11 is 17.7. The summed E-state index contributed by atoms with van der Waals surface area (Å²) in [6.07, 6.45) is 12.5. The average molecular weight is 2030 g/mol. The predicted molar refractivity (Wildman–Crippen MR) is 611 cm³/mol. The predicted octanol–water partition coefficient (Wildman–Crippen LogP) is 32.5. The Hall–Kier alpha value is -12.2. The maximum absolute atomic E-state index is 9.15. The lowest BCUT2D eigenvalue weighted by molar-refractivity contribution is 0.00206. The molecule has 16 aromatic rings. The van der Waals surface area contributed by atoms with E-state index in [2.05, 4.69) is 257 Å². The molecule has 0 atom stereocenters. The van der Waals surface area contributed by atoms with E-state index in [1.165, 1.54) is 127 Å². The van der Waals surface area contributed by atoms with Crippen molar-refractivity contribution in [1.82, 2.24) is 0 Å². The number of anilines is 5. The normalized spacial score (nSPS) is 13.6. The largest absolute Gasteiger partial charge is 0.395 e. The van der Waals surface area contributed by atoms with Crippen molar-refractivity contribution in [1.29, 1.82) is 0 Å². The number of fused-ring (bicyclic) bond motifs is 3. The number of aliphatic hydroxyl groups excluding tert-OH is 1. The van der Waals surface area contributed by atoms with Crippen LogP contribution in [0.4, 0.5) is 25.7 Å². The van der Waals surface area contributed by atoms with Crippen LogP contribution in [0.2, 0.25) is 0 Å². The molecular formula is C115H112N10O5S10. The molecule has 0 saturated carbocycles. The molecule has 25 heteroatoms. The van der Waals surface area contributed by atoms with Gasteiger partial charge < -0.3 is 48.6 Å². The van der Waals surface area contributed by atoms with Crippen molar-refractivity contribution in [2.24, 2.45) is 0 Å². The fraction of sp³-hybridized carbons (Fsp3) is 0.243. The van der Waals surface area contributed by atoms with E-state index in [-0.39, 0.29) is 6.61 Å². The van der Waals surface area contributed by atoms with E-state index in [4.69, 9.17) is 56.9 Å². The summed E-state index contributed by atoms with van der Waals surface area (Å²) < 4.78 is 27.7. The first kappa shape index (κ1) is 104. The first-order chi connectivity index (χ1) is 68.2. The minimum Gasteiger partial charge on any atom is -0.395 e. The number of rotatable bonds is 23. The highest BCUT2D eigenvalue weighted by Crippen LogP contribution is 2.48. The summed E-state index contributed by atoms with van der Waals surface area (Å²) in [6.45, 7) is 63.9. The Kier molecular flexibility index (Phi) is 38.7. The van der Waals surface area contributed by atoms with Gasteiger partial charge in [-0.05, 0) is 234 Å².